The van der Waals surface area contributed by atoms with E-state index in [1.54, 1.807) is 7.05 Å². The van der Waals surface area contributed by atoms with Crippen LogP contribution >= 0.6 is 0 Å². The van der Waals surface area contributed by atoms with Gasteiger partial charge < -0.3 is 5.32 Å². The van der Waals surface area contributed by atoms with Crippen molar-refractivity contribution in [1.29, 1.82) is 0 Å². The first-order valence-corrected chi connectivity index (χ1v) is 9.20. The molecule has 0 atom stereocenters. The Balaban J connectivity index is 1.78. The van der Waals surface area contributed by atoms with E-state index in [-0.39, 0.29) is 0 Å². The van der Waals surface area contributed by atoms with Crippen molar-refractivity contribution in [2.45, 2.75) is 50.1 Å². The molecule has 0 spiro atoms. The molecule has 2 saturated carbocycles. The van der Waals surface area contributed by atoms with Gasteiger partial charge in [0.1, 0.15) is 0 Å². The minimum atomic E-state index is -3.36. The van der Waals surface area contributed by atoms with Gasteiger partial charge in [-0.1, -0.05) is 12.1 Å². The second-order valence-electron chi connectivity index (χ2n) is 6.48. The van der Waals surface area contributed by atoms with Crippen LogP contribution in [0.2, 0.25) is 0 Å². The molecule has 0 aromatic heterocycles. The molecule has 2 aliphatic carbocycles. The summed E-state index contributed by atoms with van der Waals surface area (Å²) in [6.07, 6.45) is 4.79. The van der Waals surface area contributed by atoms with Crippen molar-refractivity contribution in [3.63, 3.8) is 0 Å². The van der Waals surface area contributed by atoms with E-state index in [9.17, 15) is 8.42 Å². The Morgan fingerprint density at radius 1 is 1.24 bits per heavy atom. The van der Waals surface area contributed by atoms with Gasteiger partial charge in [0, 0.05) is 26.2 Å². The molecule has 1 N–H and O–H groups in total. The zero-order valence-electron chi connectivity index (χ0n) is 12.8. The Labute approximate surface area is 127 Å². The zero-order valence-corrected chi connectivity index (χ0v) is 13.6. The average Bonchev–Trinajstić information content (AvgIpc) is 3.32. The van der Waals surface area contributed by atoms with E-state index in [1.807, 2.05) is 25.1 Å². The summed E-state index contributed by atoms with van der Waals surface area (Å²) in [5, 5.41) is 3.43. The minimum Gasteiger partial charge on any atom is -0.310 e. The van der Waals surface area contributed by atoms with Crippen molar-refractivity contribution in [3.05, 3.63) is 29.3 Å². The third kappa shape index (κ3) is 3.65. The summed E-state index contributed by atoms with van der Waals surface area (Å²) < 4.78 is 27.0. The van der Waals surface area contributed by atoms with Crippen molar-refractivity contribution in [2.75, 3.05) is 13.6 Å². The Morgan fingerprint density at radius 3 is 2.57 bits per heavy atom. The van der Waals surface area contributed by atoms with Crippen molar-refractivity contribution >= 4 is 10.0 Å². The van der Waals surface area contributed by atoms with Gasteiger partial charge in [0.2, 0.25) is 10.0 Å². The molecule has 1 aromatic rings. The van der Waals surface area contributed by atoms with E-state index in [2.05, 4.69) is 5.32 Å². The van der Waals surface area contributed by atoms with Gasteiger partial charge >= 0.3 is 0 Å². The molecule has 1 aromatic carbocycles. The highest BCUT2D eigenvalue weighted by molar-refractivity contribution is 7.89. The Hall–Kier alpha value is -0.910. The van der Waals surface area contributed by atoms with Gasteiger partial charge in [-0.3, -0.25) is 0 Å². The molecule has 0 amide bonds. The lowest BCUT2D eigenvalue weighted by Gasteiger charge is -2.19. The second-order valence-corrected chi connectivity index (χ2v) is 8.50. The van der Waals surface area contributed by atoms with Crippen molar-refractivity contribution in [2.24, 2.45) is 5.92 Å². The molecule has 2 aliphatic rings. The molecular formula is C16H24N2O2S. The number of aryl methyl sites for hydroxylation is 1. The monoisotopic (exact) mass is 308 g/mol. The number of sulfonamides is 1. The lowest BCUT2D eigenvalue weighted by Crippen LogP contribution is -2.29. The van der Waals surface area contributed by atoms with Crippen LogP contribution in [0, 0.1) is 12.8 Å². The molecule has 0 unspecified atom stereocenters. The van der Waals surface area contributed by atoms with E-state index in [0.717, 1.165) is 30.5 Å². The summed E-state index contributed by atoms with van der Waals surface area (Å²) in [6.45, 7) is 3.27. The highest BCUT2D eigenvalue weighted by Crippen LogP contribution is 2.31. The fraction of sp³-hybridized carbons (Fsp3) is 0.625. The number of nitrogens with one attached hydrogen (secondary N) is 1. The molecule has 116 valence electrons. The maximum atomic E-state index is 12.7. The van der Waals surface area contributed by atoms with Crippen LogP contribution in [0.5, 0.6) is 0 Å². The van der Waals surface area contributed by atoms with Crippen molar-refractivity contribution in [3.8, 4) is 0 Å². The molecule has 2 fully saturated rings. The first-order chi connectivity index (χ1) is 9.96. The van der Waals surface area contributed by atoms with Crippen LogP contribution in [-0.4, -0.2) is 32.4 Å². The molecule has 0 bridgehead atoms. The van der Waals surface area contributed by atoms with Crippen LogP contribution in [0.4, 0.5) is 0 Å². The molecule has 4 nitrogen and oxygen atoms in total. The molecular weight excluding hydrogens is 284 g/mol. The van der Waals surface area contributed by atoms with Gasteiger partial charge in [-0.2, -0.15) is 0 Å². The largest absolute Gasteiger partial charge is 0.310 e. The normalized spacial score (nSPS) is 19.2. The molecule has 0 heterocycles. The molecule has 0 aliphatic heterocycles. The van der Waals surface area contributed by atoms with Crippen molar-refractivity contribution < 1.29 is 8.42 Å². The van der Waals surface area contributed by atoms with Gasteiger partial charge in [0.25, 0.3) is 0 Å². The Morgan fingerprint density at radius 2 is 1.95 bits per heavy atom. The lowest BCUT2D eigenvalue weighted by molar-refractivity contribution is 0.452. The predicted molar refractivity (Wildman–Crippen MR) is 83.6 cm³/mol. The van der Waals surface area contributed by atoms with Gasteiger partial charge in [-0.05, 0) is 55.7 Å². The number of rotatable bonds is 7. The first kappa shape index (κ1) is 15.0. The van der Waals surface area contributed by atoms with E-state index >= 15 is 0 Å². The summed E-state index contributed by atoms with van der Waals surface area (Å²) in [7, 11) is -1.67. The van der Waals surface area contributed by atoms with Gasteiger partial charge in [0.15, 0.2) is 0 Å². The summed E-state index contributed by atoms with van der Waals surface area (Å²) in [5.41, 5.74) is 1.87. The topological polar surface area (TPSA) is 49.4 Å². The second kappa shape index (κ2) is 5.71. The smallest absolute Gasteiger partial charge is 0.243 e. The van der Waals surface area contributed by atoms with Gasteiger partial charge in [-0.25, -0.2) is 12.7 Å². The number of hydrogen-bond acceptors (Lipinski definition) is 3. The predicted octanol–water partition coefficient (Wildman–Crippen LogP) is 2.28. The van der Waals surface area contributed by atoms with E-state index in [0.29, 0.717) is 23.4 Å². The third-order valence-corrected chi connectivity index (χ3v) is 6.29. The van der Waals surface area contributed by atoms with Crippen LogP contribution in [0.25, 0.3) is 0 Å². The molecule has 5 heteroatoms. The summed E-state index contributed by atoms with van der Waals surface area (Å²) in [5.74, 6) is 0.560. The molecule has 0 saturated heterocycles. The molecule has 0 radical (unpaired) electrons. The third-order valence-electron chi connectivity index (χ3n) is 4.33. The number of nitrogens with zero attached hydrogens (tertiary/aromatic N) is 1. The van der Waals surface area contributed by atoms with Crippen LogP contribution in [0.15, 0.2) is 23.1 Å². The summed E-state index contributed by atoms with van der Waals surface area (Å²) in [6, 6.07) is 6.40. The van der Waals surface area contributed by atoms with Crippen LogP contribution in [0.1, 0.15) is 36.8 Å². The summed E-state index contributed by atoms with van der Waals surface area (Å²) >= 11 is 0. The Bertz CT molecular complexity index is 619. The highest BCUT2D eigenvalue weighted by atomic mass is 32.2. The fourth-order valence-electron chi connectivity index (χ4n) is 2.51. The lowest BCUT2D eigenvalue weighted by atomic mass is 10.1. The number of benzene rings is 1. The minimum absolute atomic E-state index is 0.459. The van der Waals surface area contributed by atoms with E-state index in [4.69, 9.17) is 0 Å². The van der Waals surface area contributed by atoms with E-state index in [1.165, 1.54) is 17.1 Å². The average molecular weight is 308 g/mol. The molecule has 3 rings (SSSR count). The zero-order chi connectivity index (χ0) is 15.0. The molecule has 21 heavy (non-hydrogen) atoms. The number of hydrogen-bond donors (Lipinski definition) is 1. The highest BCUT2D eigenvalue weighted by Gasteiger charge is 2.30. The Kier molecular flexibility index (Phi) is 4.08. The van der Waals surface area contributed by atoms with Crippen LogP contribution in [0.3, 0.4) is 0 Å². The van der Waals surface area contributed by atoms with E-state index < -0.39 is 10.0 Å². The summed E-state index contributed by atoms with van der Waals surface area (Å²) in [4.78, 5) is 0.459. The SMILES string of the molecule is Cc1ccc(CNC2CC2)cc1S(=O)(=O)N(C)CC1CC1. The maximum Gasteiger partial charge on any atom is 0.243 e. The van der Waals surface area contributed by atoms with Crippen molar-refractivity contribution in [1.82, 2.24) is 9.62 Å². The maximum absolute atomic E-state index is 12.7. The van der Waals surface area contributed by atoms with Crippen LogP contribution < -0.4 is 5.32 Å². The van der Waals surface area contributed by atoms with Crippen LogP contribution in [-0.2, 0) is 16.6 Å². The quantitative estimate of drug-likeness (QED) is 0.841. The van der Waals surface area contributed by atoms with Gasteiger partial charge in [0.05, 0.1) is 4.90 Å². The standard InChI is InChI=1S/C16H24N2O2S/c1-12-3-4-14(10-17-15-7-8-15)9-16(12)21(19,20)18(2)11-13-5-6-13/h3-4,9,13,15,17H,5-8,10-11H2,1-2H3. The fourth-order valence-corrected chi connectivity index (χ4v) is 4.03. The first-order valence-electron chi connectivity index (χ1n) is 7.76. The van der Waals surface area contributed by atoms with Gasteiger partial charge in [-0.15, -0.1) is 0 Å².